The van der Waals surface area contributed by atoms with Gasteiger partial charge in [0, 0.05) is 23.4 Å². The van der Waals surface area contributed by atoms with E-state index in [2.05, 4.69) is 10.3 Å². The molecule has 0 bridgehead atoms. The quantitative estimate of drug-likeness (QED) is 0.790. The van der Waals surface area contributed by atoms with Gasteiger partial charge in [-0.1, -0.05) is 6.42 Å². The van der Waals surface area contributed by atoms with Crippen LogP contribution in [0, 0.1) is 5.92 Å². The van der Waals surface area contributed by atoms with Crippen LogP contribution in [0.4, 0.5) is 5.13 Å². The molecule has 3 N–H and O–H groups in total. The highest BCUT2D eigenvalue weighted by Crippen LogP contribution is 2.29. The van der Waals surface area contributed by atoms with E-state index < -0.39 is 0 Å². The predicted octanol–water partition coefficient (Wildman–Crippen LogP) is 4.09. The van der Waals surface area contributed by atoms with Crippen LogP contribution in [0.5, 0.6) is 5.75 Å². The number of nitrogens with one attached hydrogen (secondary N) is 1. The van der Waals surface area contributed by atoms with Gasteiger partial charge >= 0.3 is 0 Å². The molecule has 5 nitrogen and oxygen atoms in total. The van der Waals surface area contributed by atoms with Crippen LogP contribution in [-0.2, 0) is 4.79 Å². The second-order valence-corrected chi connectivity index (χ2v) is 6.96. The summed E-state index contributed by atoms with van der Waals surface area (Å²) in [6.45, 7) is 2.61. The zero-order chi connectivity index (χ0) is 16.9. The molecule has 0 saturated heterocycles. The highest BCUT2D eigenvalue weighted by molar-refractivity contribution is 7.14. The SMILES string of the molecule is CCOc1ccc(-c2csc(NC(=O)C[C@@H]3CCC[C@H]3N)n2)cc1.Cl. The van der Waals surface area contributed by atoms with E-state index in [0.717, 1.165) is 36.3 Å². The van der Waals surface area contributed by atoms with E-state index in [1.807, 2.05) is 36.6 Å². The summed E-state index contributed by atoms with van der Waals surface area (Å²) in [5, 5.41) is 5.49. The van der Waals surface area contributed by atoms with Crippen molar-refractivity contribution in [3.05, 3.63) is 29.6 Å². The molecule has 136 valence electrons. The Kier molecular flexibility index (Phi) is 7.23. The average Bonchev–Trinajstić information content (AvgIpc) is 3.18. The zero-order valence-corrected chi connectivity index (χ0v) is 15.9. The number of rotatable bonds is 6. The molecule has 0 spiro atoms. The third-order valence-corrected chi connectivity index (χ3v) is 5.13. The third-order valence-electron chi connectivity index (χ3n) is 4.38. The number of hydrogen-bond donors (Lipinski definition) is 2. The molecule has 2 atom stereocenters. The Bertz CT molecular complexity index is 690. The Morgan fingerprint density at radius 3 is 2.76 bits per heavy atom. The summed E-state index contributed by atoms with van der Waals surface area (Å²) in [4.78, 5) is 16.7. The number of amides is 1. The van der Waals surface area contributed by atoms with Crippen LogP contribution in [0.3, 0.4) is 0 Å². The van der Waals surface area contributed by atoms with Crippen molar-refractivity contribution in [2.24, 2.45) is 11.7 Å². The summed E-state index contributed by atoms with van der Waals surface area (Å²) < 4.78 is 5.44. The summed E-state index contributed by atoms with van der Waals surface area (Å²) in [5.74, 6) is 1.15. The second kappa shape index (κ2) is 9.17. The monoisotopic (exact) mass is 381 g/mol. The molecule has 2 aromatic rings. The van der Waals surface area contributed by atoms with Gasteiger partial charge in [-0.25, -0.2) is 4.98 Å². The van der Waals surface area contributed by atoms with Crippen LogP contribution in [-0.4, -0.2) is 23.5 Å². The van der Waals surface area contributed by atoms with Crippen molar-refractivity contribution in [3.63, 3.8) is 0 Å². The van der Waals surface area contributed by atoms with E-state index in [-0.39, 0.29) is 24.4 Å². The first kappa shape index (κ1) is 19.7. The van der Waals surface area contributed by atoms with Gasteiger partial charge in [0.05, 0.1) is 12.3 Å². The molecule has 1 aromatic heterocycles. The van der Waals surface area contributed by atoms with Crippen molar-refractivity contribution >= 4 is 34.8 Å². The lowest BCUT2D eigenvalue weighted by atomic mass is 10.00. The van der Waals surface area contributed by atoms with Crippen LogP contribution in [0.25, 0.3) is 11.3 Å². The smallest absolute Gasteiger partial charge is 0.226 e. The van der Waals surface area contributed by atoms with Crippen molar-refractivity contribution in [1.82, 2.24) is 4.98 Å². The molecule has 25 heavy (non-hydrogen) atoms. The number of carbonyl (C=O) groups is 1. The van der Waals surface area contributed by atoms with Crippen molar-refractivity contribution < 1.29 is 9.53 Å². The number of thiazole rings is 1. The Balaban J connectivity index is 0.00000225. The van der Waals surface area contributed by atoms with Crippen molar-refractivity contribution in [2.75, 3.05) is 11.9 Å². The standard InChI is InChI=1S/C18H23N3O2S.ClH/c1-2-23-14-8-6-12(7-9-14)16-11-24-18(20-16)21-17(22)10-13-4-3-5-15(13)19;/h6-9,11,13,15H,2-5,10,19H2,1H3,(H,20,21,22);1H/t13-,15+;/m0./s1. The Hall–Kier alpha value is -1.63. The minimum atomic E-state index is 0. The van der Waals surface area contributed by atoms with Gasteiger partial charge in [-0.05, 0) is 49.9 Å². The minimum Gasteiger partial charge on any atom is -0.494 e. The highest BCUT2D eigenvalue weighted by Gasteiger charge is 2.26. The Morgan fingerprint density at radius 1 is 1.36 bits per heavy atom. The van der Waals surface area contributed by atoms with E-state index in [1.54, 1.807) is 0 Å². The van der Waals surface area contributed by atoms with Gasteiger partial charge in [0.1, 0.15) is 5.75 Å². The van der Waals surface area contributed by atoms with Gasteiger partial charge < -0.3 is 15.8 Å². The Labute approximate surface area is 158 Å². The molecule has 7 heteroatoms. The van der Waals surface area contributed by atoms with Crippen LogP contribution in [0.1, 0.15) is 32.6 Å². The fourth-order valence-corrected chi connectivity index (χ4v) is 3.82. The predicted molar refractivity (Wildman–Crippen MR) is 105 cm³/mol. The third kappa shape index (κ3) is 5.17. The lowest BCUT2D eigenvalue weighted by Gasteiger charge is -2.13. The van der Waals surface area contributed by atoms with Crippen LogP contribution < -0.4 is 15.8 Å². The Morgan fingerprint density at radius 2 is 2.12 bits per heavy atom. The van der Waals surface area contributed by atoms with Crippen molar-refractivity contribution in [2.45, 2.75) is 38.6 Å². The molecule has 1 aromatic carbocycles. The summed E-state index contributed by atoms with van der Waals surface area (Å²) >= 11 is 1.44. The minimum absolute atomic E-state index is 0. The van der Waals surface area contributed by atoms with Crippen LogP contribution >= 0.6 is 23.7 Å². The van der Waals surface area contributed by atoms with E-state index in [4.69, 9.17) is 10.5 Å². The number of anilines is 1. The van der Waals surface area contributed by atoms with E-state index in [0.29, 0.717) is 24.1 Å². The van der Waals surface area contributed by atoms with E-state index in [1.165, 1.54) is 11.3 Å². The maximum atomic E-state index is 12.2. The maximum absolute atomic E-state index is 12.2. The summed E-state index contributed by atoms with van der Waals surface area (Å²) in [6, 6.07) is 7.97. The number of benzene rings is 1. The largest absolute Gasteiger partial charge is 0.494 e. The van der Waals surface area contributed by atoms with Gasteiger partial charge in [-0.15, -0.1) is 23.7 Å². The van der Waals surface area contributed by atoms with Gasteiger partial charge in [0.2, 0.25) is 5.91 Å². The lowest BCUT2D eigenvalue weighted by molar-refractivity contribution is -0.117. The number of halogens is 1. The zero-order valence-electron chi connectivity index (χ0n) is 14.2. The van der Waals surface area contributed by atoms with Gasteiger partial charge in [-0.3, -0.25) is 4.79 Å². The number of nitrogens with two attached hydrogens (primary N) is 1. The van der Waals surface area contributed by atoms with Crippen molar-refractivity contribution in [1.29, 1.82) is 0 Å². The molecule has 1 amide bonds. The summed E-state index contributed by atoms with van der Waals surface area (Å²) in [7, 11) is 0. The summed E-state index contributed by atoms with van der Waals surface area (Å²) in [6.07, 6.45) is 3.68. The number of hydrogen-bond acceptors (Lipinski definition) is 5. The molecule has 1 aliphatic rings. The average molecular weight is 382 g/mol. The molecule has 1 fully saturated rings. The van der Waals surface area contributed by atoms with Gasteiger partial charge in [-0.2, -0.15) is 0 Å². The molecule has 1 saturated carbocycles. The fourth-order valence-electron chi connectivity index (χ4n) is 3.08. The van der Waals surface area contributed by atoms with Gasteiger partial charge in [0.15, 0.2) is 5.13 Å². The maximum Gasteiger partial charge on any atom is 0.226 e. The van der Waals surface area contributed by atoms with Crippen molar-refractivity contribution in [3.8, 4) is 17.0 Å². The number of nitrogens with zero attached hydrogens (tertiary/aromatic N) is 1. The molecule has 1 heterocycles. The molecular formula is C18H24ClN3O2S. The first-order valence-corrected chi connectivity index (χ1v) is 9.28. The highest BCUT2D eigenvalue weighted by atomic mass is 35.5. The topological polar surface area (TPSA) is 77.2 Å². The molecule has 0 unspecified atom stereocenters. The second-order valence-electron chi connectivity index (χ2n) is 6.10. The first-order valence-electron chi connectivity index (χ1n) is 8.40. The van der Waals surface area contributed by atoms with Crippen LogP contribution in [0.15, 0.2) is 29.6 Å². The van der Waals surface area contributed by atoms with E-state index >= 15 is 0 Å². The lowest BCUT2D eigenvalue weighted by Crippen LogP contribution is -2.28. The number of ether oxygens (including phenoxy) is 1. The number of aromatic nitrogens is 1. The fraction of sp³-hybridized carbons (Fsp3) is 0.444. The molecular weight excluding hydrogens is 358 g/mol. The van der Waals surface area contributed by atoms with E-state index in [9.17, 15) is 4.79 Å². The normalized spacial score (nSPS) is 19.3. The van der Waals surface area contributed by atoms with Crippen LogP contribution in [0.2, 0.25) is 0 Å². The van der Waals surface area contributed by atoms with Gasteiger partial charge in [0.25, 0.3) is 0 Å². The molecule has 1 aliphatic carbocycles. The first-order chi connectivity index (χ1) is 11.7. The molecule has 3 rings (SSSR count). The molecule has 0 aliphatic heterocycles. The molecule has 0 radical (unpaired) electrons. The number of carbonyl (C=O) groups excluding carboxylic acids is 1. The summed E-state index contributed by atoms with van der Waals surface area (Å²) in [5.41, 5.74) is 7.90.